The van der Waals surface area contributed by atoms with E-state index in [1.165, 1.54) is 12.7 Å². The van der Waals surface area contributed by atoms with Crippen molar-refractivity contribution in [1.82, 2.24) is 19.5 Å². The number of hydrogen-bond acceptors (Lipinski definition) is 8. The molecule has 0 aliphatic carbocycles. The largest absolute Gasteiger partial charge is 0.387 e. The molecule has 0 saturated carbocycles. The molecule has 1 fully saturated rings. The van der Waals surface area contributed by atoms with Gasteiger partial charge in [-0.05, 0) is 24.6 Å². The molecular weight excluding hydrogens is 410 g/mol. The number of imidazole rings is 1. The first kappa shape index (κ1) is 20.5. The highest BCUT2D eigenvalue weighted by Gasteiger charge is 2.44. The quantitative estimate of drug-likeness (QED) is 0.401. The SMILES string of the molecule is C#CCOC[C@H]1O[C@@H](n2cnc3c(Nc4cccc(Cl)c4C)ncnc32)[C@H](O)[C@@H]1O. The van der Waals surface area contributed by atoms with Gasteiger partial charge in [0.05, 0.1) is 12.9 Å². The minimum Gasteiger partial charge on any atom is -0.387 e. The van der Waals surface area contributed by atoms with Crippen molar-refractivity contribution in [2.45, 2.75) is 31.5 Å². The number of halogens is 1. The molecule has 156 valence electrons. The Balaban J connectivity index is 1.62. The van der Waals surface area contributed by atoms with Crippen molar-refractivity contribution in [1.29, 1.82) is 0 Å². The van der Waals surface area contributed by atoms with Crippen molar-refractivity contribution in [3.8, 4) is 12.3 Å². The van der Waals surface area contributed by atoms with Gasteiger partial charge in [0, 0.05) is 10.7 Å². The molecule has 1 aliphatic rings. The van der Waals surface area contributed by atoms with Gasteiger partial charge in [-0.2, -0.15) is 0 Å². The summed E-state index contributed by atoms with van der Waals surface area (Å²) in [6, 6.07) is 5.52. The summed E-state index contributed by atoms with van der Waals surface area (Å²) in [5, 5.41) is 24.7. The number of fused-ring (bicyclic) bond motifs is 1. The lowest BCUT2D eigenvalue weighted by atomic mass is 10.1. The Morgan fingerprint density at radius 2 is 2.13 bits per heavy atom. The van der Waals surface area contributed by atoms with Crippen molar-refractivity contribution < 1.29 is 19.7 Å². The first-order valence-electron chi connectivity index (χ1n) is 9.23. The van der Waals surface area contributed by atoms with Crippen LogP contribution in [0.1, 0.15) is 11.8 Å². The maximum absolute atomic E-state index is 10.5. The standard InChI is InChI=1S/C20H20ClN5O4/c1-3-7-29-8-14-16(27)17(28)20(30-14)26-10-24-15-18(22-9-23-19(15)26)25-13-6-4-5-12(21)11(13)2/h1,4-6,9-10,14,16-17,20,27-28H,7-8H2,2H3,(H,22,23,25)/t14-,16-,17-,20-/m1/s1. The van der Waals surface area contributed by atoms with E-state index < -0.39 is 24.5 Å². The van der Waals surface area contributed by atoms with Gasteiger partial charge in [0.1, 0.15) is 31.2 Å². The minimum absolute atomic E-state index is 0.0569. The van der Waals surface area contributed by atoms with E-state index in [1.54, 1.807) is 10.6 Å². The molecule has 1 aliphatic heterocycles. The average Bonchev–Trinajstić information content (AvgIpc) is 3.28. The molecule has 9 nitrogen and oxygen atoms in total. The van der Waals surface area contributed by atoms with Gasteiger partial charge < -0.3 is 25.0 Å². The molecule has 30 heavy (non-hydrogen) atoms. The third-order valence-electron chi connectivity index (χ3n) is 4.96. The number of aliphatic hydroxyl groups excluding tert-OH is 2. The normalized spacial score (nSPS) is 23.6. The Labute approximate surface area is 177 Å². The first-order valence-corrected chi connectivity index (χ1v) is 9.61. The van der Waals surface area contributed by atoms with E-state index in [0.29, 0.717) is 22.0 Å². The van der Waals surface area contributed by atoms with Crippen LogP contribution in [0.25, 0.3) is 11.2 Å². The molecule has 2 aromatic heterocycles. The summed E-state index contributed by atoms with van der Waals surface area (Å²) in [4.78, 5) is 12.9. The number of nitrogens with one attached hydrogen (secondary N) is 1. The smallest absolute Gasteiger partial charge is 0.167 e. The zero-order valence-corrected chi connectivity index (χ0v) is 16.8. The van der Waals surface area contributed by atoms with Crippen LogP contribution in [0, 0.1) is 19.3 Å². The molecule has 0 bridgehead atoms. The number of rotatable bonds is 6. The third kappa shape index (κ3) is 3.71. The summed E-state index contributed by atoms with van der Waals surface area (Å²) in [7, 11) is 0. The van der Waals surface area contributed by atoms with E-state index >= 15 is 0 Å². The van der Waals surface area contributed by atoms with Crippen LogP contribution in [0.4, 0.5) is 11.5 Å². The second-order valence-electron chi connectivity index (χ2n) is 6.85. The predicted octanol–water partition coefficient (Wildman–Crippen LogP) is 1.80. The Hall–Kier alpha value is -2.74. The maximum Gasteiger partial charge on any atom is 0.167 e. The number of benzene rings is 1. The van der Waals surface area contributed by atoms with Crippen molar-refractivity contribution >= 4 is 34.3 Å². The molecular formula is C20H20ClN5O4. The van der Waals surface area contributed by atoms with Gasteiger partial charge in [-0.3, -0.25) is 4.57 Å². The highest BCUT2D eigenvalue weighted by molar-refractivity contribution is 6.31. The van der Waals surface area contributed by atoms with E-state index in [9.17, 15) is 10.2 Å². The Morgan fingerprint density at radius 1 is 1.30 bits per heavy atom. The fourth-order valence-electron chi connectivity index (χ4n) is 3.33. The van der Waals surface area contributed by atoms with Crippen molar-refractivity contribution in [3.63, 3.8) is 0 Å². The number of ether oxygens (including phenoxy) is 2. The fraction of sp³-hybridized carbons (Fsp3) is 0.350. The fourth-order valence-corrected chi connectivity index (χ4v) is 3.51. The monoisotopic (exact) mass is 429 g/mol. The first-order chi connectivity index (χ1) is 14.5. The summed E-state index contributed by atoms with van der Waals surface area (Å²) < 4.78 is 12.6. The van der Waals surface area contributed by atoms with Crippen LogP contribution in [-0.4, -0.2) is 61.3 Å². The second-order valence-corrected chi connectivity index (χ2v) is 7.26. The molecule has 3 N–H and O–H groups in total. The van der Waals surface area contributed by atoms with Crippen LogP contribution in [0.3, 0.4) is 0 Å². The number of aliphatic hydroxyl groups is 2. The number of hydrogen-bond donors (Lipinski definition) is 3. The Kier molecular flexibility index (Phi) is 5.85. The lowest BCUT2D eigenvalue weighted by Crippen LogP contribution is -2.33. The zero-order valence-electron chi connectivity index (χ0n) is 16.1. The van der Waals surface area contributed by atoms with Crippen LogP contribution in [-0.2, 0) is 9.47 Å². The maximum atomic E-state index is 10.5. The highest BCUT2D eigenvalue weighted by atomic mass is 35.5. The Morgan fingerprint density at radius 3 is 2.93 bits per heavy atom. The molecule has 4 rings (SSSR count). The van der Waals surface area contributed by atoms with Crippen LogP contribution in [0.2, 0.25) is 5.02 Å². The molecule has 0 spiro atoms. The molecule has 0 unspecified atom stereocenters. The van der Waals surface area contributed by atoms with Gasteiger partial charge in [-0.15, -0.1) is 6.42 Å². The van der Waals surface area contributed by atoms with Crippen molar-refractivity contribution in [2.24, 2.45) is 0 Å². The second kappa shape index (κ2) is 8.55. The van der Waals surface area contributed by atoms with Crippen LogP contribution < -0.4 is 5.32 Å². The van der Waals surface area contributed by atoms with Crippen molar-refractivity contribution in [2.75, 3.05) is 18.5 Å². The minimum atomic E-state index is -1.19. The van der Waals surface area contributed by atoms with Gasteiger partial charge in [0.2, 0.25) is 0 Å². The summed E-state index contributed by atoms with van der Waals surface area (Å²) in [6.07, 6.45) is 4.08. The van der Waals surface area contributed by atoms with E-state index in [4.69, 9.17) is 27.5 Å². The van der Waals surface area contributed by atoms with Crippen LogP contribution >= 0.6 is 11.6 Å². The Bertz CT molecular complexity index is 1100. The highest BCUT2D eigenvalue weighted by Crippen LogP contribution is 2.33. The van der Waals surface area contributed by atoms with Gasteiger partial charge in [0.15, 0.2) is 23.2 Å². The van der Waals surface area contributed by atoms with Crippen LogP contribution in [0.5, 0.6) is 0 Å². The summed E-state index contributed by atoms with van der Waals surface area (Å²) >= 11 is 6.20. The summed E-state index contributed by atoms with van der Waals surface area (Å²) in [5.41, 5.74) is 2.58. The number of nitrogens with zero attached hydrogens (tertiary/aromatic N) is 4. The number of aromatic nitrogens is 4. The zero-order chi connectivity index (χ0) is 21.3. The molecule has 0 amide bonds. The topological polar surface area (TPSA) is 115 Å². The molecule has 1 aromatic carbocycles. The predicted molar refractivity (Wildman–Crippen MR) is 110 cm³/mol. The molecule has 10 heteroatoms. The third-order valence-corrected chi connectivity index (χ3v) is 5.37. The van der Waals surface area contributed by atoms with Crippen LogP contribution in [0.15, 0.2) is 30.9 Å². The van der Waals surface area contributed by atoms with E-state index in [2.05, 4.69) is 26.2 Å². The lowest BCUT2D eigenvalue weighted by molar-refractivity contribution is -0.0615. The van der Waals surface area contributed by atoms with Gasteiger partial charge in [0.25, 0.3) is 0 Å². The molecule has 0 radical (unpaired) electrons. The van der Waals surface area contributed by atoms with Gasteiger partial charge >= 0.3 is 0 Å². The van der Waals surface area contributed by atoms with Gasteiger partial charge in [-0.25, -0.2) is 15.0 Å². The summed E-state index contributed by atoms with van der Waals surface area (Å²) in [5.74, 6) is 2.82. The van der Waals surface area contributed by atoms with Gasteiger partial charge in [-0.1, -0.05) is 23.6 Å². The summed E-state index contributed by atoms with van der Waals surface area (Å²) in [6.45, 7) is 2.04. The molecule has 1 saturated heterocycles. The van der Waals surface area contributed by atoms with E-state index in [0.717, 1.165) is 11.3 Å². The molecule has 3 aromatic rings. The van der Waals surface area contributed by atoms with E-state index in [1.807, 2.05) is 19.1 Å². The lowest BCUT2D eigenvalue weighted by Gasteiger charge is -2.16. The number of terminal acetylenes is 1. The molecule has 4 atom stereocenters. The van der Waals surface area contributed by atoms with E-state index in [-0.39, 0.29) is 13.2 Å². The van der Waals surface area contributed by atoms with Crippen molar-refractivity contribution in [3.05, 3.63) is 41.4 Å². The average molecular weight is 430 g/mol. The number of anilines is 2. The molecule has 3 heterocycles.